The van der Waals surface area contributed by atoms with Crippen LogP contribution < -0.4 is 10.5 Å². The maximum atomic E-state index is 11.4. The summed E-state index contributed by atoms with van der Waals surface area (Å²) in [4.78, 5) is 0.769. The number of benzene rings is 1. The Morgan fingerprint density at radius 3 is 2.92 bits per heavy atom. The van der Waals surface area contributed by atoms with Crippen LogP contribution in [0.4, 0.5) is 5.69 Å². The van der Waals surface area contributed by atoms with Gasteiger partial charge >= 0.3 is 0 Å². The van der Waals surface area contributed by atoms with E-state index in [4.69, 9.17) is 10.5 Å². The van der Waals surface area contributed by atoms with E-state index in [-0.39, 0.29) is 0 Å². The fraction of sp³-hybridized carbons (Fsp3) is 0.111. The molecule has 68 valence electrons. The number of nitrogens with two attached hydrogens (primary N) is 1. The lowest BCUT2D eigenvalue weighted by Gasteiger charge is -2.06. The van der Waals surface area contributed by atoms with Crippen molar-refractivity contribution in [2.45, 2.75) is 4.90 Å². The van der Waals surface area contributed by atoms with E-state index >= 15 is 0 Å². The van der Waals surface area contributed by atoms with Crippen molar-refractivity contribution in [2.75, 3.05) is 12.8 Å². The summed E-state index contributed by atoms with van der Waals surface area (Å²) in [5, 5.41) is 1.64. The molecule has 0 saturated carbocycles. The first-order chi connectivity index (χ1) is 6.22. The predicted molar refractivity (Wildman–Crippen MR) is 52.8 cm³/mol. The van der Waals surface area contributed by atoms with Crippen molar-refractivity contribution in [1.29, 1.82) is 0 Å². The summed E-state index contributed by atoms with van der Waals surface area (Å²) >= 11 is 0. The molecule has 1 aromatic carbocycles. The molecule has 3 nitrogen and oxygen atoms in total. The Morgan fingerprint density at radius 2 is 2.23 bits per heavy atom. The maximum absolute atomic E-state index is 11.4. The number of fused-ring (bicyclic) bond motifs is 1. The molecule has 0 saturated heterocycles. The monoisotopic (exact) mass is 195 g/mol. The summed E-state index contributed by atoms with van der Waals surface area (Å²) in [6.07, 6.45) is 1.81. The Hall–Kier alpha value is -1.29. The lowest BCUT2D eigenvalue weighted by Crippen LogP contribution is -1.95. The highest BCUT2D eigenvalue weighted by Crippen LogP contribution is 2.32. The summed E-state index contributed by atoms with van der Waals surface area (Å²) in [7, 11) is 0.511. The zero-order chi connectivity index (χ0) is 9.42. The summed E-state index contributed by atoms with van der Waals surface area (Å²) in [6, 6.07) is 3.50. The number of anilines is 1. The molecule has 1 aliphatic heterocycles. The van der Waals surface area contributed by atoms with Crippen LogP contribution in [0.1, 0.15) is 5.56 Å². The van der Waals surface area contributed by atoms with E-state index in [9.17, 15) is 4.21 Å². The smallest absolute Gasteiger partial charge is 0.143 e. The third-order valence-corrected chi connectivity index (χ3v) is 3.12. The highest BCUT2D eigenvalue weighted by Gasteiger charge is 2.15. The SMILES string of the molecule is COc1cc2c(cc1N)C=CS2=O. The van der Waals surface area contributed by atoms with Crippen LogP contribution in [-0.2, 0) is 10.8 Å². The fourth-order valence-electron chi connectivity index (χ4n) is 1.29. The van der Waals surface area contributed by atoms with E-state index in [0.29, 0.717) is 11.4 Å². The first-order valence-electron chi connectivity index (χ1n) is 3.78. The van der Waals surface area contributed by atoms with Gasteiger partial charge in [-0.3, -0.25) is 0 Å². The fourth-order valence-corrected chi connectivity index (χ4v) is 2.28. The minimum absolute atomic E-state index is 0.574. The van der Waals surface area contributed by atoms with Crippen LogP contribution in [0.25, 0.3) is 6.08 Å². The van der Waals surface area contributed by atoms with Gasteiger partial charge < -0.3 is 10.5 Å². The Kier molecular flexibility index (Phi) is 1.84. The molecular formula is C9H9NO2S. The van der Waals surface area contributed by atoms with E-state index in [1.54, 1.807) is 30.7 Å². The minimum atomic E-state index is -1.03. The van der Waals surface area contributed by atoms with Gasteiger partial charge in [0.25, 0.3) is 0 Å². The van der Waals surface area contributed by atoms with Gasteiger partial charge in [0, 0.05) is 5.41 Å². The average molecular weight is 195 g/mol. The molecule has 1 heterocycles. The normalized spacial score (nSPS) is 18.7. The topological polar surface area (TPSA) is 52.3 Å². The van der Waals surface area contributed by atoms with Crippen LogP contribution in [0.15, 0.2) is 22.4 Å². The van der Waals surface area contributed by atoms with Gasteiger partial charge in [-0.25, -0.2) is 4.21 Å². The number of hydrogen-bond donors (Lipinski definition) is 1. The summed E-state index contributed by atoms with van der Waals surface area (Å²) < 4.78 is 16.4. The van der Waals surface area contributed by atoms with Crippen LogP contribution in [-0.4, -0.2) is 11.3 Å². The first-order valence-corrected chi connectivity index (χ1v) is 5.00. The lowest BCUT2D eigenvalue weighted by atomic mass is 10.2. The van der Waals surface area contributed by atoms with Crippen molar-refractivity contribution in [3.8, 4) is 5.75 Å². The molecule has 1 atom stereocenters. The second-order valence-corrected chi connectivity index (χ2v) is 4.04. The van der Waals surface area contributed by atoms with E-state index < -0.39 is 10.8 Å². The summed E-state index contributed by atoms with van der Waals surface area (Å²) in [5.74, 6) is 0.579. The third kappa shape index (κ3) is 1.23. The number of hydrogen-bond acceptors (Lipinski definition) is 3. The molecule has 2 N–H and O–H groups in total. The molecule has 2 rings (SSSR count). The van der Waals surface area contributed by atoms with Crippen molar-refractivity contribution >= 4 is 22.6 Å². The second kappa shape index (κ2) is 2.88. The van der Waals surface area contributed by atoms with Crippen LogP contribution in [0, 0.1) is 0 Å². The summed E-state index contributed by atoms with van der Waals surface area (Å²) in [6.45, 7) is 0. The Labute approximate surface area is 78.7 Å². The third-order valence-electron chi connectivity index (χ3n) is 1.95. The van der Waals surface area contributed by atoms with E-state index in [2.05, 4.69) is 0 Å². The zero-order valence-electron chi connectivity index (χ0n) is 7.11. The molecule has 0 spiro atoms. The molecule has 0 fully saturated rings. The molecule has 4 heteroatoms. The predicted octanol–water partition coefficient (Wildman–Crippen LogP) is 1.37. The van der Waals surface area contributed by atoms with Gasteiger partial charge in [-0.2, -0.15) is 0 Å². The van der Waals surface area contributed by atoms with Crippen LogP contribution >= 0.6 is 0 Å². The van der Waals surface area contributed by atoms with Crippen molar-refractivity contribution in [2.24, 2.45) is 0 Å². The van der Waals surface area contributed by atoms with Gasteiger partial charge in [-0.05, 0) is 23.8 Å². The quantitative estimate of drug-likeness (QED) is 0.688. The summed E-state index contributed by atoms with van der Waals surface area (Å²) in [5.41, 5.74) is 7.18. The van der Waals surface area contributed by atoms with Gasteiger partial charge in [0.2, 0.25) is 0 Å². The number of rotatable bonds is 1. The van der Waals surface area contributed by atoms with Crippen molar-refractivity contribution < 1.29 is 8.95 Å². The molecule has 0 aromatic heterocycles. The molecule has 0 aliphatic carbocycles. The van der Waals surface area contributed by atoms with E-state index in [0.717, 1.165) is 10.5 Å². The molecule has 1 aromatic rings. The van der Waals surface area contributed by atoms with Gasteiger partial charge in [0.1, 0.15) is 5.75 Å². The van der Waals surface area contributed by atoms with E-state index in [1.165, 1.54) is 0 Å². The maximum Gasteiger partial charge on any atom is 0.143 e. The van der Waals surface area contributed by atoms with Crippen LogP contribution in [0.3, 0.4) is 0 Å². The molecule has 1 unspecified atom stereocenters. The Balaban J connectivity index is 2.62. The second-order valence-electron chi connectivity index (χ2n) is 2.73. The first kappa shape index (κ1) is 8.31. The minimum Gasteiger partial charge on any atom is -0.495 e. The van der Waals surface area contributed by atoms with Gasteiger partial charge in [-0.15, -0.1) is 0 Å². The zero-order valence-corrected chi connectivity index (χ0v) is 7.93. The van der Waals surface area contributed by atoms with Gasteiger partial charge in [-0.1, -0.05) is 0 Å². The molecule has 0 amide bonds. The molecule has 0 radical (unpaired) electrons. The lowest BCUT2D eigenvalue weighted by molar-refractivity contribution is 0.416. The van der Waals surface area contributed by atoms with Gasteiger partial charge in [0.05, 0.1) is 28.5 Å². The van der Waals surface area contributed by atoms with Crippen LogP contribution in [0.2, 0.25) is 0 Å². The van der Waals surface area contributed by atoms with Crippen LogP contribution in [0.5, 0.6) is 5.75 Å². The molecule has 1 aliphatic rings. The molecule has 0 bridgehead atoms. The molecule has 13 heavy (non-hydrogen) atoms. The highest BCUT2D eigenvalue weighted by atomic mass is 32.2. The average Bonchev–Trinajstić information content (AvgIpc) is 2.46. The number of methoxy groups -OCH3 is 1. The Morgan fingerprint density at radius 1 is 1.46 bits per heavy atom. The van der Waals surface area contributed by atoms with Gasteiger partial charge in [0.15, 0.2) is 0 Å². The van der Waals surface area contributed by atoms with Crippen molar-refractivity contribution in [3.05, 3.63) is 23.1 Å². The van der Waals surface area contributed by atoms with Crippen molar-refractivity contribution in [3.63, 3.8) is 0 Å². The number of nitrogen functional groups attached to an aromatic ring is 1. The standard InChI is InChI=1S/C9H9NO2S/c1-12-8-5-9-6(4-7(8)10)2-3-13(9)11/h2-5H,10H2,1H3. The van der Waals surface area contributed by atoms with E-state index in [1.807, 2.05) is 0 Å². The highest BCUT2D eigenvalue weighted by molar-refractivity contribution is 7.88. The number of ether oxygens (including phenoxy) is 1. The molecular weight excluding hydrogens is 186 g/mol. The largest absolute Gasteiger partial charge is 0.495 e. The Bertz CT molecular complexity index is 412. The van der Waals surface area contributed by atoms with Crippen molar-refractivity contribution in [1.82, 2.24) is 0 Å².